The van der Waals surface area contributed by atoms with Crippen molar-refractivity contribution in [2.45, 2.75) is 24.7 Å². The molecule has 0 aliphatic carbocycles. The summed E-state index contributed by atoms with van der Waals surface area (Å²) in [6.45, 7) is 4.40. The number of hydrogen-bond acceptors (Lipinski definition) is 4. The Kier molecular flexibility index (Phi) is 7.04. The predicted molar refractivity (Wildman–Crippen MR) is 157 cm³/mol. The fourth-order valence-corrected chi connectivity index (χ4v) is 6.08. The molecular weight excluding hydrogens is 518 g/mol. The van der Waals surface area contributed by atoms with Gasteiger partial charge in [-0.05, 0) is 88.4 Å². The standard InChI is InChI=1S/C31H26ClNO2S2/c1-20(2)25-18-24-8-5-15-33-31(24)28(19-25)23-7-4-6-21(16-23)17-27(29-13-14-30(32)36-29)22-9-11-26(12-10-22)37(3,34)35/h4-20H,1-3H3/b27-17-. The fourth-order valence-electron chi connectivity index (χ4n) is 4.37. The van der Waals surface area contributed by atoms with Gasteiger partial charge in [0.05, 0.1) is 14.7 Å². The molecule has 0 unspecified atom stereocenters. The molecule has 0 saturated heterocycles. The summed E-state index contributed by atoms with van der Waals surface area (Å²) in [6.07, 6.45) is 5.18. The van der Waals surface area contributed by atoms with Crippen LogP contribution in [0, 0.1) is 0 Å². The minimum Gasteiger partial charge on any atom is -0.256 e. The molecule has 0 aliphatic heterocycles. The van der Waals surface area contributed by atoms with Crippen LogP contribution in [-0.4, -0.2) is 19.7 Å². The van der Waals surface area contributed by atoms with Crippen LogP contribution in [0.1, 0.15) is 41.3 Å². The molecule has 37 heavy (non-hydrogen) atoms. The largest absolute Gasteiger partial charge is 0.256 e. The average Bonchev–Trinajstić information content (AvgIpc) is 3.32. The van der Waals surface area contributed by atoms with E-state index < -0.39 is 9.84 Å². The lowest BCUT2D eigenvalue weighted by atomic mass is 9.93. The van der Waals surface area contributed by atoms with E-state index >= 15 is 0 Å². The van der Waals surface area contributed by atoms with Crippen molar-refractivity contribution in [2.75, 3.05) is 6.26 Å². The van der Waals surface area contributed by atoms with E-state index in [9.17, 15) is 8.42 Å². The molecule has 2 aromatic heterocycles. The monoisotopic (exact) mass is 543 g/mol. The molecule has 0 radical (unpaired) electrons. The van der Waals surface area contributed by atoms with E-state index in [1.54, 1.807) is 12.1 Å². The third-order valence-electron chi connectivity index (χ3n) is 6.33. The average molecular weight is 544 g/mol. The number of thiophene rings is 1. The first kappa shape index (κ1) is 25.4. The van der Waals surface area contributed by atoms with Crippen LogP contribution in [0.5, 0.6) is 0 Å². The van der Waals surface area contributed by atoms with Crippen LogP contribution in [0.3, 0.4) is 0 Å². The van der Waals surface area contributed by atoms with E-state index in [0.717, 1.165) is 43.6 Å². The zero-order chi connectivity index (χ0) is 26.2. The first-order valence-corrected chi connectivity index (χ1v) is 15.0. The van der Waals surface area contributed by atoms with Crippen molar-refractivity contribution in [3.05, 3.63) is 117 Å². The fraction of sp³-hybridized carbons (Fsp3) is 0.129. The van der Waals surface area contributed by atoms with Gasteiger partial charge in [0, 0.05) is 28.3 Å². The topological polar surface area (TPSA) is 47.0 Å². The number of aromatic nitrogens is 1. The van der Waals surface area contributed by atoms with E-state index in [1.807, 2.05) is 36.5 Å². The van der Waals surface area contributed by atoms with Crippen LogP contribution in [0.2, 0.25) is 4.34 Å². The molecule has 5 aromatic rings. The Hall–Kier alpha value is -3.25. The van der Waals surface area contributed by atoms with Crippen molar-refractivity contribution in [3.63, 3.8) is 0 Å². The Morgan fingerprint density at radius 2 is 1.73 bits per heavy atom. The second-order valence-electron chi connectivity index (χ2n) is 9.38. The molecule has 0 atom stereocenters. The Morgan fingerprint density at radius 1 is 0.946 bits per heavy atom. The maximum absolute atomic E-state index is 12.0. The van der Waals surface area contributed by atoms with Gasteiger partial charge in [0.1, 0.15) is 0 Å². The highest BCUT2D eigenvalue weighted by Gasteiger charge is 2.13. The number of benzene rings is 3. The van der Waals surface area contributed by atoms with Gasteiger partial charge in [-0.15, -0.1) is 11.3 Å². The summed E-state index contributed by atoms with van der Waals surface area (Å²) in [4.78, 5) is 6.01. The molecule has 0 saturated carbocycles. The Morgan fingerprint density at radius 3 is 2.41 bits per heavy atom. The number of rotatable bonds is 6. The van der Waals surface area contributed by atoms with Gasteiger partial charge in [-0.3, -0.25) is 4.98 Å². The van der Waals surface area contributed by atoms with E-state index in [-0.39, 0.29) is 0 Å². The molecule has 0 N–H and O–H groups in total. The molecule has 3 nitrogen and oxygen atoms in total. The summed E-state index contributed by atoms with van der Waals surface area (Å²) in [6, 6.07) is 27.9. The predicted octanol–water partition coefficient (Wildman–Crippen LogP) is 8.73. The minimum atomic E-state index is -3.27. The molecule has 0 fully saturated rings. The van der Waals surface area contributed by atoms with Crippen LogP contribution in [0.15, 0.2) is 96.0 Å². The summed E-state index contributed by atoms with van der Waals surface area (Å²) in [5.74, 6) is 0.400. The quantitative estimate of drug-likeness (QED) is 0.201. The lowest BCUT2D eigenvalue weighted by Gasteiger charge is -2.13. The van der Waals surface area contributed by atoms with Gasteiger partial charge < -0.3 is 0 Å². The molecular formula is C31H26ClNO2S2. The zero-order valence-electron chi connectivity index (χ0n) is 20.8. The highest BCUT2D eigenvalue weighted by atomic mass is 35.5. The summed E-state index contributed by atoms with van der Waals surface area (Å²) < 4.78 is 24.6. The minimum absolute atomic E-state index is 0.297. The SMILES string of the molecule is CC(C)c1cc(-c2cccc(/C=C(/c3ccc(S(C)(=O)=O)cc3)c3ccc(Cl)s3)c2)c2ncccc2c1. The number of nitrogens with zero attached hydrogens (tertiary/aromatic N) is 1. The molecule has 2 heterocycles. The Bertz CT molecular complexity index is 1730. The molecule has 3 aromatic carbocycles. The van der Waals surface area contributed by atoms with Crippen molar-refractivity contribution in [3.8, 4) is 11.1 Å². The molecule has 0 spiro atoms. The zero-order valence-corrected chi connectivity index (χ0v) is 23.2. The molecule has 186 valence electrons. The highest BCUT2D eigenvalue weighted by Crippen LogP contribution is 2.36. The van der Waals surface area contributed by atoms with E-state index in [1.165, 1.54) is 23.2 Å². The Balaban J connectivity index is 1.65. The Labute approximate surface area is 227 Å². The first-order chi connectivity index (χ1) is 17.7. The van der Waals surface area contributed by atoms with Crippen molar-refractivity contribution in [1.82, 2.24) is 4.98 Å². The van der Waals surface area contributed by atoms with E-state index in [0.29, 0.717) is 15.1 Å². The summed E-state index contributed by atoms with van der Waals surface area (Å²) in [7, 11) is -3.27. The van der Waals surface area contributed by atoms with Crippen LogP contribution in [0.25, 0.3) is 33.7 Å². The first-order valence-electron chi connectivity index (χ1n) is 12.0. The molecule has 5 rings (SSSR count). The molecule has 6 heteroatoms. The number of sulfone groups is 1. The maximum Gasteiger partial charge on any atom is 0.175 e. The summed E-state index contributed by atoms with van der Waals surface area (Å²) in [5, 5.41) is 1.13. The molecule has 0 bridgehead atoms. The van der Waals surface area contributed by atoms with Crippen molar-refractivity contribution in [1.29, 1.82) is 0 Å². The third kappa shape index (κ3) is 5.54. The normalized spacial score (nSPS) is 12.4. The number of halogens is 1. The highest BCUT2D eigenvalue weighted by molar-refractivity contribution is 7.90. The molecule has 0 amide bonds. The smallest absolute Gasteiger partial charge is 0.175 e. The lowest BCUT2D eigenvalue weighted by molar-refractivity contribution is 0.602. The van der Waals surface area contributed by atoms with Crippen LogP contribution < -0.4 is 0 Å². The summed E-state index contributed by atoms with van der Waals surface area (Å²) >= 11 is 7.78. The second-order valence-corrected chi connectivity index (χ2v) is 13.1. The van der Waals surface area contributed by atoms with Gasteiger partial charge in [0.2, 0.25) is 0 Å². The van der Waals surface area contributed by atoms with Gasteiger partial charge in [0.15, 0.2) is 9.84 Å². The van der Waals surface area contributed by atoms with Crippen LogP contribution in [-0.2, 0) is 9.84 Å². The number of pyridine rings is 1. The van der Waals surface area contributed by atoms with Gasteiger partial charge in [-0.1, -0.05) is 61.8 Å². The van der Waals surface area contributed by atoms with Gasteiger partial charge >= 0.3 is 0 Å². The molecule has 0 aliphatic rings. The van der Waals surface area contributed by atoms with Crippen molar-refractivity contribution < 1.29 is 8.42 Å². The lowest BCUT2D eigenvalue weighted by Crippen LogP contribution is -1.97. The second kappa shape index (κ2) is 10.3. The van der Waals surface area contributed by atoms with Crippen molar-refractivity contribution in [2.24, 2.45) is 0 Å². The van der Waals surface area contributed by atoms with Gasteiger partial charge in [-0.25, -0.2) is 8.42 Å². The van der Waals surface area contributed by atoms with Crippen LogP contribution in [0.4, 0.5) is 0 Å². The van der Waals surface area contributed by atoms with E-state index in [2.05, 4.69) is 62.4 Å². The van der Waals surface area contributed by atoms with E-state index in [4.69, 9.17) is 16.6 Å². The van der Waals surface area contributed by atoms with Crippen LogP contribution >= 0.6 is 22.9 Å². The number of fused-ring (bicyclic) bond motifs is 1. The van der Waals surface area contributed by atoms with Gasteiger partial charge in [0.25, 0.3) is 0 Å². The van der Waals surface area contributed by atoms with Crippen molar-refractivity contribution >= 4 is 55.3 Å². The van der Waals surface area contributed by atoms with Gasteiger partial charge in [-0.2, -0.15) is 0 Å². The summed E-state index contributed by atoms with van der Waals surface area (Å²) in [5.41, 5.74) is 7.39. The maximum atomic E-state index is 12.0. The third-order valence-corrected chi connectivity index (χ3v) is 8.73. The number of hydrogen-bond donors (Lipinski definition) is 0.